The van der Waals surface area contributed by atoms with Gasteiger partial charge in [0, 0.05) is 19.0 Å². The van der Waals surface area contributed by atoms with Gasteiger partial charge in [-0.2, -0.15) is 0 Å². The number of benzene rings is 2. The van der Waals surface area contributed by atoms with Crippen molar-refractivity contribution in [1.29, 1.82) is 0 Å². The molecule has 2 bridgehead atoms. The van der Waals surface area contributed by atoms with Crippen LogP contribution in [-0.2, 0) is 19.2 Å². The number of anilines is 2. The van der Waals surface area contributed by atoms with Gasteiger partial charge in [0.25, 0.3) is 0 Å². The van der Waals surface area contributed by atoms with Crippen molar-refractivity contribution in [2.75, 3.05) is 23.5 Å². The van der Waals surface area contributed by atoms with Crippen molar-refractivity contribution in [2.45, 2.75) is 12.8 Å². The summed E-state index contributed by atoms with van der Waals surface area (Å²) in [7, 11) is 1.53. The highest BCUT2D eigenvalue weighted by atomic mass is 16.5. The molecular formula is C27H24N2O6. The van der Waals surface area contributed by atoms with E-state index in [9.17, 15) is 19.2 Å². The molecule has 0 radical (unpaired) electrons. The molecule has 0 aromatic heterocycles. The number of carbonyl (C=O) groups is 4. The van der Waals surface area contributed by atoms with Gasteiger partial charge in [0.2, 0.25) is 17.7 Å². The van der Waals surface area contributed by atoms with Gasteiger partial charge in [0.1, 0.15) is 11.5 Å². The van der Waals surface area contributed by atoms with E-state index in [0.717, 1.165) is 6.42 Å². The summed E-state index contributed by atoms with van der Waals surface area (Å²) in [4.78, 5) is 54.5. The highest BCUT2D eigenvalue weighted by Crippen LogP contribution is 2.53. The van der Waals surface area contributed by atoms with E-state index in [1.54, 1.807) is 42.5 Å². The molecule has 2 heterocycles. The minimum Gasteiger partial charge on any atom is -0.495 e. The number of carbonyl (C=O) groups excluding carboxylic acids is 4. The molecule has 1 saturated carbocycles. The lowest BCUT2D eigenvalue weighted by molar-refractivity contribution is -0.139. The van der Waals surface area contributed by atoms with Crippen LogP contribution in [0.1, 0.15) is 12.8 Å². The molecule has 3 fully saturated rings. The molecule has 0 spiro atoms. The van der Waals surface area contributed by atoms with Gasteiger partial charge in [-0.05, 0) is 42.5 Å². The second-order valence-corrected chi connectivity index (χ2v) is 9.51. The van der Waals surface area contributed by atoms with E-state index >= 15 is 0 Å². The topological polar surface area (TPSA) is 93.2 Å². The van der Waals surface area contributed by atoms with E-state index in [4.69, 9.17) is 9.47 Å². The Bertz CT molecular complexity index is 1260. The molecule has 2 aliphatic heterocycles. The smallest absolute Gasteiger partial charge is 0.316 e. The first-order valence-electron chi connectivity index (χ1n) is 11.8. The molecule has 2 aliphatic carbocycles. The Labute approximate surface area is 202 Å². The molecule has 5 atom stereocenters. The van der Waals surface area contributed by atoms with Crippen molar-refractivity contribution in [3.05, 3.63) is 60.7 Å². The number of hydrogen-bond acceptors (Lipinski definition) is 6. The Kier molecular flexibility index (Phi) is 4.98. The Balaban J connectivity index is 1.17. The van der Waals surface area contributed by atoms with Crippen molar-refractivity contribution in [3.8, 4) is 11.5 Å². The van der Waals surface area contributed by atoms with Gasteiger partial charge < -0.3 is 14.4 Å². The average Bonchev–Trinajstić information content (AvgIpc) is 3.62. The monoisotopic (exact) mass is 472 g/mol. The second-order valence-electron chi connectivity index (χ2n) is 9.51. The third-order valence-electron chi connectivity index (χ3n) is 7.60. The highest BCUT2D eigenvalue weighted by Gasteiger charge is 2.59. The number of imide groups is 1. The zero-order valence-corrected chi connectivity index (χ0v) is 19.1. The van der Waals surface area contributed by atoms with E-state index in [2.05, 4.69) is 12.2 Å². The van der Waals surface area contributed by atoms with Crippen LogP contribution in [0.4, 0.5) is 11.4 Å². The number of esters is 1. The summed E-state index contributed by atoms with van der Waals surface area (Å²) in [5, 5.41) is 0. The summed E-state index contributed by atoms with van der Waals surface area (Å²) in [5.41, 5.74) is 1.01. The molecule has 8 nitrogen and oxygen atoms in total. The third-order valence-corrected chi connectivity index (χ3v) is 7.60. The molecule has 35 heavy (non-hydrogen) atoms. The molecule has 2 aromatic carbocycles. The maximum atomic E-state index is 13.1. The molecular weight excluding hydrogens is 448 g/mol. The largest absolute Gasteiger partial charge is 0.495 e. The fourth-order valence-electron chi connectivity index (χ4n) is 5.99. The summed E-state index contributed by atoms with van der Waals surface area (Å²) in [6, 6.07) is 13.6. The van der Waals surface area contributed by atoms with Crippen molar-refractivity contribution in [1.82, 2.24) is 0 Å². The highest BCUT2D eigenvalue weighted by molar-refractivity contribution is 6.22. The molecule has 3 amide bonds. The first-order valence-corrected chi connectivity index (χ1v) is 11.8. The number of hydrogen-bond donors (Lipinski definition) is 0. The first-order chi connectivity index (χ1) is 17.0. The van der Waals surface area contributed by atoms with Crippen LogP contribution in [0.25, 0.3) is 0 Å². The normalized spacial score (nSPS) is 28.7. The summed E-state index contributed by atoms with van der Waals surface area (Å²) >= 11 is 0. The molecule has 8 heteroatoms. The number of allylic oxidation sites excluding steroid dienone is 2. The van der Waals surface area contributed by atoms with Crippen molar-refractivity contribution < 1.29 is 28.7 Å². The van der Waals surface area contributed by atoms with Crippen LogP contribution in [0, 0.1) is 29.6 Å². The van der Waals surface area contributed by atoms with Crippen LogP contribution in [0.3, 0.4) is 0 Å². The summed E-state index contributed by atoms with van der Waals surface area (Å²) < 4.78 is 10.9. The molecule has 0 N–H and O–H groups in total. The zero-order chi connectivity index (χ0) is 24.3. The van der Waals surface area contributed by atoms with Gasteiger partial charge in [0.15, 0.2) is 0 Å². The lowest BCUT2D eigenvalue weighted by Crippen LogP contribution is -2.32. The minimum atomic E-state index is -0.646. The molecule has 178 valence electrons. The number of ether oxygens (including phenoxy) is 2. The molecule has 2 aromatic rings. The van der Waals surface area contributed by atoms with Gasteiger partial charge in [-0.3, -0.25) is 19.2 Å². The average molecular weight is 472 g/mol. The van der Waals surface area contributed by atoms with E-state index in [1.165, 1.54) is 16.9 Å². The predicted molar refractivity (Wildman–Crippen MR) is 126 cm³/mol. The van der Waals surface area contributed by atoms with E-state index in [1.807, 2.05) is 6.07 Å². The molecule has 2 saturated heterocycles. The predicted octanol–water partition coefficient (Wildman–Crippen LogP) is 2.97. The number of para-hydroxylation sites is 2. The summed E-state index contributed by atoms with van der Waals surface area (Å²) in [6.45, 7) is 0.181. The number of fused-ring (bicyclic) bond motifs is 5. The van der Waals surface area contributed by atoms with Crippen LogP contribution in [0.2, 0.25) is 0 Å². The number of rotatable bonds is 5. The van der Waals surface area contributed by atoms with Crippen LogP contribution in [-0.4, -0.2) is 37.3 Å². The van der Waals surface area contributed by atoms with Crippen molar-refractivity contribution in [3.63, 3.8) is 0 Å². The van der Waals surface area contributed by atoms with E-state index < -0.39 is 11.9 Å². The fourth-order valence-corrected chi connectivity index (χ4v) is 5.99. The number of nitrogens with zero attached hydrogens (tertiary/aromatic N) is 2. The van der Waals surface area contributed by atoms with Crippen LogP contribution in [0.15, 0.2) is 60.7 Å². The Morgan fingerprint density at radius 2 is 1.66 bits per heavy atom. The van der Waals surface area contributed by atoms with Gasteiger partial charge in [-0.1, -0.05) is 30.4 Å². The van der Waals surface area contributed by atoms with Crippen LogP contribution >= 0.6 is 0 Å². The van der Waals surface area contributed by atoms with E-state index in [-0.39, 0.29) is 60.1 Å². The van der Waals surface area contributed by atoms with Crippen LogP contribution < -0.4 is 19.3 Å². The fraction of sp³-hybridized carbons (Fsp3) is 0.333. The van der Waals surface area contributed by atoms with Crippen molar-refractivity contribution in [2.24, 2.45) is 29.6 Å². The van der Waals surface area contributed by atoms with Gasteiger partial charge in [-0.25, -0.2) is 4.90 Å². The molecule has 6 rings (SSSR count). The maximum absolute atomic E-state index is 13.1. The quantitative estimate of drug-likeness (QED) is 0.288. The second kappa shape index (κ2) is 8.08. The lowest BCUT2D eigenvalue weighted by Gasteiger charge is -2.19. The number of methoxy groups -OCH3 is 1. The standard InChI is InChI=1S/C27H24N2O6/c1-34-21-8-3-2-7-20(21)28-14-17(12-22(28)30)27(33)35-19-6-4-5-18(13-19)29-25(31)23-15-9-10-16(11-15)24(23)26(29)32/h2-10,13,15-17,23-24H,11-12,14H2,1H3/t15-,16-,17+,23-,24+/m0/s1. The van der Waals surface area contributed by atoms with Gasteiger partial charge in [0.05, 0.1) is 36.2 Å². The maximum Gasteiger partial charge on any atom is 0.316 e. The van der Waals surface area contributed by atoms with E-state index in [0.29, 0.717) is 17.1 Å². The minimum absolute atomic E-state index is 0.0266. The SMILES string of the molecule is COc1ccccc1N1C[C@H](C(=O)Oc2cccc(N3C(=O)[C@@H]4[C@H](C3=O)[C@H]3C=C[C@H]4C3)c2)CC1=O. The summed E-state index contributed by atoms with van der Waals surface area (Å²) in [6.07, 6.45) is 4.99. The molecule has 4 aliphatic rings. The lowest BCUT2D eigenvalue weighted by atomic mass is 9.85. The zero-order valence-electron chi connectivity index (χ0n) is 19.1. The first kappa shape index (κ1) is 21.6. The Morgan fingerprint density at radius 1 is 0.943 bits per heavy atom. The van der Waals surface area contributed by atoms with Crippen LogP contribution in [0.5, 0.6) is 11.5 Å². The van der Waals surface area contributed by atoms with Gasteiger partial charge in [-0.15, -0.1) is 0 Å². The number of amides is 3. The van der Waals surface area contributed by atoms with Gasteiger partial charge >= 0.3 is 5.97 Å². The Hall–Kier alpha value is -3.94. The Morgan fingerprint density at radius 3 is 2.37 bits per heavy atom. The third kappa shape index (κ3) is 3.35. The summed E-state index contributed by atoms with van der Waals surface area (Å²) in [5.74, 6) is -1.30. The van der Waals surface area contributed by atoms with Crippen molar-refractivity contribution >= 4 is 35.1 Å². The molecule has 0 unspecified atom stereocenters.